The van der Waals surface area contributed by atoms with E-state index in [1.807, 2.05) is 19.0 Å². The van der Waals surface area contributed by atoms with Gasteiger partial charge < -0.3 is 14.7 Å². The van der Waals surface area contributed by atoms with E-state index in [2.05, 4.69) is 10.1 Å². The van der Waals surface area contributed by atoms with Crippen molar-refractivity contribution in [2.24, 2.45) is 0 Å². The maximum atomic E-state index is 10.6. The van der Waals surface area contributed by atoms with Crippen LogP contribution < -0.4 is 4.74 Å². The molecule has 0 aliphatic heterocycles. The van der Waals surface area contributed by atoms with Crippen molar-refractivity contribution < 1.29 is 9.84 Å². The molecule has 114 valence electrons. The molecule has 2 rings (SSSR count). The third-order valence-corrected chi connectivity index (χ3v) is 3.43. The summed E-state index contributed by atoms with van der Waals surface area (Å²) in [6, 6.07) is 3.51. The second kappa shape index (κ2) is 6.89. The number of halogens is 1. The third kappa shape index (κ3) is 3.53. The fraction of sp³-hybridized carbons (Fsp3) is 0.429. The Morgan fingerprint density at radius 2 is 2.24 bits per heavy atom. The number of pyridine rings is 1. The van der Waals surface area contributed by atoms with Gasteiger partial charge in [0.2, 0.25) is 5.88 Å². The highest BCUT2D eigenvalue weighted by Crippen LogP contribution is 2.32. The van der Waals surface area contributed by atoms with Gasteiger partial charge in [-0.25, -0.2) is 4.98 Å². The SMILES string of the molecule is COc1ncccc1C(O)c1c(Cl)cnn1CCN(C)C. The van der Waals surface area contributed by atoms with Crippen molar-refractivity contribution in [3.05, 3.63) is 40.8 Å². The Kier molecular flexibility index (Phi) is 5.17. The fourth-order valence-corrected chi connectivity index (χ4v) is 2.29. The molecule has 1 N–H and O–H groups in total. The predicted molar refractivity (Wildman–Crippen MR) is 80.6 cm³/mol. The molecule has 1 atom stereocenters. The average molecular weight is 311 g/mol. The first-order chi connectivity index (χ1) is 10.0. The highest BCUT2D eigenvalue weighted by molar-refractivity contribution is 6.31. The van der Waals surface area contributed by atoms with E-state index in [0.717, 1.165) is 6.54 Å². The largest absolute Gasteiger partial charge is 0.481 e. The van der Waals surface area contributed by atoms with Gasteiger partial charge in [-0.2, -0.15) is 5.10 Å². The van der Waals surface area contributed by atoms with Gasteiger partial charge in [0.1, 0.15) is 6.10 Å². The molecule has 0 fully saturated rings. The Hall–Kier alpha value is -1.63. The van der Waals surface area contributed by atoms with E-state index in [-0.39, 0.29) is 0 Å². The summed E-state index contributed by atoms with van der Waals surface area (Å²) >= 11 is 6.18. The number of nitrogens with zero attached hydrogens (tertiary/aromatic N) is 4. The zero-order chi connectivity index (χ0) is 15.4. The molecule has 0 saturated carbocycles. The summed E-state index contributed by atoms with van der Waals surface area (Å²) in [5.74, 6) is 0.376. The fourth-order valence-electron chi connectivity index (χ4n) is 2.05. The van der Waals surface area contributed by atoms with Gasteiger partial charge in [-0.15, -0.1) is 0 Å². The van der Waals surface area contributed by atoms with Crippen molar-refractivity contribution in [2.75, 3.05) is 27.7 Å². The molecule has 2 aromatic rings. The molecule has 21 heavy (non-hydrogen) atoms. The first-order valence-corrected chi connectivity index (χ1v) is 6.95. The molecule has 0 bridgehead atoms. The number of hydrogen-bond acceptors (Lipinski definition) is 5. The molecule has 0 aliphatic rings. The second-order valence-corrected chi connectivity index (χ2v) is 5.32. The summed E-state index contributed by atoms with van der Waals surface area (Å²) in [4.78, 5) is 6.14. The number of rotatable bonds is 6. The Labute approximate surface area is 128 Å². The van der Waals surface area contributed by atoms with Gasteiger partial charge in [0.05, 0.1) is 30.6 Å². The molecule has 7 heteroatoms. The van der Waals surface area contributed by atoms with Gasteiger partial charge in [-0.05, 0) is 26.2 Å². The van der Waals surface area contributed by atoms with Crippen molar-refractivity contribution in [1.29, 1.82) is 0 Å². The Morgan fingerprint density at radius 3 is 2.90 bits per heavy atom. The summed E-state index contributed by atoms with van der Waals surface area (Å²) in [5, 5.41) is 15.3. The van der Waals surface area contributed by atoms with Crippen molar-refractivity contribution in [3.8, 4) is 5.88 Å². The first kappa shape index (κ1) is 15.8. The Balaban J connectivity index is 2.34. The smallest absolute Gasteiger partial charge is 0.219 e. The number of aliphatic hydroxyl groups excluding tert-OH is 1. The van der Waals surface area contributed by atoms with E-state index >= 15 is 0 Å². The molecule has 6 nitrogen and oxygen atoms in total. The number of aromatic nitrogens is 3. The zero-order valence-electron chi connectivity index (χ0n) is 12.3. The van der Waals surface area contributed by atoms with Crippen LogP contribution in [0.25, 0.3) is 0 Å². The van der Waals surface area contributed by atoms with Crippen LogP contribution in [0.2, 0.25) is 5.02 Å². The van der Waals surface area contributed by atoms with Crippen LogP contribution in [-0.2, 0) is 6.54 Å². The van der Waals surface area contributed by atoms with Crippen molar-refractivity contribution >= 4 is 11.6 Å². The predicted octanol–water partition coefficient (Wildman–Crippen LogP) is 1.58. The molecule has 0 aromatic carbocycles. The molecule has 1 unspecified atom stereocenters. The molecule has 0 saturated heterocycles. The molecular formula is C14H19ClN4O2. The van der Waals surface area contributed by atoms with E-state index in [1.165, 1.54) is 7.11 Å². The lowest BCUT2D eigenvalue weighted by molar-refractivity contribution is 0.199. The number of hydrogen-bond donors (Lipinski definition) is 1. The molecule has 2 aromatic heterocycles. The molecule has 0 radical (unpaired) electrons. The van der Waals surface area contributed by atoms with E-state index in [0.29, 0.717) is 28.7 Å². The zero-order valence-corrected chi connectivity index (χ0v) is 13.1. The highest BCUT2D eigenvalue weighted by atomic mass is 35.5. The minimum absolute atomic E-state index is 0.376. The van der Waals surface area contributed by atoms with Crippen LogP contribution in [0.4, 0.5) is 0 Å². The summed E-state index contributed by atoms with van der Waals surface area (Å²) in [7, 11) is 5.47. The second-order valence-electron chi connectivity index (χ2n) is 4.91. The minimum Gasteiger partial charge on any atom is -0.481 e. The number of ether oxygens (including phenoxy) is 1. The molecular weight excluding hydrogens is 292 g/mol. The number of likely N-dealkylation sites (N-methyl/N-ethyl adjacent to an activating group) is 1. The summed E-state index contributed by atoms with van der Waals surface area (Å²) < 4.78 is 6.90. The van der Waals surface area contributed by atoms with Crippen LogP contribution in [0, 0.1) is 0 Å². The molecule has 0 aliphatic carbocycles. The highest BCUT2D eigenvalue weighted by Gasteiger charge is 2.23. The number of aliphatic hydroxyl groups is 1. The minimum atomic E-state index is -0.939. The lowest BCUT2D eigenvalue weighted by Gasteiger charge is -2.17. The van der Waals surface area contributed by atoms with Crippen molar-refractivity contribution in [2.45, 2.75) is 12.6 Å². The summed E-state index contributed by atoms with van der Waals surface area (Å²) in [6.45, 7) is 1.43. The quantitative estimate of drug-likeness (QED) is 0.877. The molecule has 0 spiro atoms. The van der Waals surface area contributed by atoms with Crippen LogP contribution in [0.1, 0.15) is 17.4 Å². The van der Waals surface area contributed by atoms with Crippen LogP contribution in [0.3, 0.4) is 0 Å². The monoisotopic (exact) mass is 310 g/mol. The van der Waals surface area contributed by atoms with Gasteiger partial charge in [-0.1, -0.05) is 11.6 Å². The normalized spacial score (nSPS) is 12.7. The Bertz CT molecular complexity index is 600. The lowest BCUT2D eigenvalue weighted by Crippen LogP contribution is -2.21. The van der Waals surface area contributed by atoms with Gasteiger partial charge in [0.15, 0.2) is 0 Å². The first-order valence-electron chi connectivity index (χ1n) is 6.57. The number of methoxy groups -OCH3 is 1. The van der Waals surface area contributed by atoms with E-state index in [1.54, 1.807) is 29.2 Å². The van der Waals surface area contributed by atoms with Crippen molar-refractivity contribution in [1.82, 2.24) is 19.7 Å². The van der Waals surface area contributed by atoms with Crippen molar-refractivity contribution in [3.63, 3.8) is 0 Å². The van der Waals surface area contributed by atoms with Crippen LogP contribution in [-0.4, -0.2) is 52.5 Å². The maximum absolute atomic E-state index is 10.6. The van der Waals surface area contributed by atoms with E-state index in [9.17, 15) is 5.11 Å². The Morgan fingerprint density at radius 1 is 1.48 bits per heavy atom. The summed E-state index contributed by atoms with van der Waals surface area (Å²) in [5.41, 5.74) is 1.11. The lowest BCUT2D eigenvalue weighted by atomic mass is 10.1. The topological polar surface area (TPSA) is 63.4 Å². The molecule has 2 heterocycles. The van der Waals surface area contributed by atoms with Gasteiger partial charge in [-0.3, -0.25) is 4.68 Å². The van der Waals surface area contributed by atoms with Gasteiger partial charge in [0.25, 0.3) is 0 Å². The van der Waals surface area contributed by atoms with E-state index < -0.39 is 6.10 Å². The summed E-state index contributed by atoms with van der Waals surface area (Å²) in [6.07, 6.45) is 2.21. The van der Waals surface area contributed by atoms with Crippen LogP contribution in [0.5, 0.6) is 5.88 Å². The van der Waals surface area contributed by atoms with Crippen LogP contribution in [0.15, 0.2) is 24.5 Å². The van der Waals surface area contributed by atoms with E-state index in [4.69, 9.17) is 16.3 Å². The van der Waals surface area contributed by atoms with Crippen LogP contribution >= 0.6 is 11.6 Å². The maximum Gasteiger partial charge on any atom is 0.219 e. The van der Waals surface area contributed by atoms with Gasteiger partial charge >= 0.3 is 0 Å². The third-order valence-electron chi connectivity index (χ3n) is 3.14. The average Bonchev–Trinajstić information content (AvgIpc) is 2.85. The molecule has 0 amide bonds. The standard InChI is InChI=1S/C14H19ClN4O2/c1-18(2)7-8-19-12(11(15)9-17-19)13(20)10-5-4-6-16-14(10)21-3/h4-6,9,13,20H,7-8H2,1-3H3. The van der Waals surface area contributed by atoms with Gasteiger partial charge in [0, 0.05) is 18.3 Å².